The Kier molecular flexibility index (Phi) is 2.72. The molecule has 1 aromatic carbocycles. The highest BCUT2D eigenvalue weighted by atomic mass is 16.5. The predicted octanol–water partition coefficient (Wildman–Crippen LogP) is 1.94. The van der Waals surface area contributed by atoms with Crippen molar-refractivity contribution in [2.24, 2.45) is 0 Å². The fourth-order valence-electron chi connectivity index (χ4n) is 2.40. The van der Waals surface area contributed by atoms with Crippen molar-refractivity contribution in [1.29, 1.82) is 0 Å². The molecule has 3 nitrogen and oxygen atoms in total. The van der Waals surface area contributed by atoms with E-state index < -0.39 is 11.6 Å². The van der Waals surface area contributed by atoms with Crippen LogP contribution in [0.25, 0.3) is 0 Å². The van der Waals surface area contributed by atoms with Crippen LogP contribution in [0.2, 0.25) is 0 Å². The van der Waals surface area contributed by atoms with Crippen molar-refractivity contribution in [1.82, 2.24) is 0 Å². The summed E-state index contributed by atoms with van der Waals surface area (Å²) in [6, 6.07) is 7.54. The maximum absolute atomic E-state index is 11.7. The summed E-state index contributed by atoms with van der Waals surface area (Å²) in [6.45, 7) is 2.11. The summed E-state index contributed by atoms with van der Waals surface area (Å²) >= 11 is 0. The topological polar surface area (TPSA) is 46.5 Å². The smallest absolute Gasteiger partial charge is 0.342 e. The van der Waals surface area contributed by atoms with E-state index in [4.69, 9.17) is 4.74 Å². The van der Waals surface area contributed by atoms with Crippen LogP contribution in [0.4, 0.5) is 0 Å². The number of rotatable bonds is 1. The number of benzene rings is 1. The van der Waals surface area contributed by atoms with Gasteiger partial charge in [-0.25, -0.2) is 4.79 Å². The number of fused-ring (bicyclic) bond motifs is 1. The largest absolute Gasteiger partial charge is 0.467 e. The molecule has 0 saturated heterocycles. The van der Waals surface area contributed by atoms with Crippen molar-refractivity contribution in [3.63, 3.8) is 0 Å². The summed E-state index contributed by atoms with van der Waals surface area (Å²) in [6.07, 6.45) is 1.22. The van der Waals surface area contributed by atoms with Crippen molar-refractivity contribution in [3.8, 4) is 0 Å². The second kappa shape index (κ2) is 3.91. The zero-order valence-corrected chi connectivity index (χ0v) is 9.56. The third kappa shape index (κ3) is 1.52. The standard InChI is InChI=1S/C13H16O3/c1-9-7-8-13(15,12(14)16-2)11-6-4-3-5-10(9)11/h3-6,9,15H,7-8H2,1-2H3. The lowest BCUT2D eigenvalue weighted by molar-refractivity contribution is -0.165. The number of hydrogen-bond acceptors (Lipinski definition) is 3. The van der Waals surface area contributed by atoms with Gasteiger partial charge in [-0.2, -0.15) is 0 Å². The van der Waals surface area contributed by atoms with E-state index in [0.29, 0.717) is 17.9 Å². The molecule has 0 bridgehead atoms. The number of aliphatic hydroxyl groups is 1. The molecule has 0 radical (unpaired) electrons. The van der Waals surface area contributed by atoms with Gasteiger partial charge in [-0.15, -0.1) is 0 Å². The number of carbonyl (C=O) groups excluding carboxylic acids is 1. The molecule has 0 spiro atoms. The SMILES string of the molecule is COC(=O)C1(O)CCC(C)c2ccccc21. The minimum atomic E-state index is -1.46. The molecule has 3 heteroatoms. The Hall–Kier alpha value is -1.35. The van der Waals surface area contributed by atoms with Crippen LogP contribution >= 0.6 is 0 Å². The number of esters is 1. The van der Waals surface area contributed by atoms with Crippen LogP contribution in [-0.4, -0.2) is 18.2 Å². The molecular weight excluding hydrogens is 204 g/mol. The van der Waals surface area contributed by atoms with E-state index >= 15 is 0 Å². The fourth-order valence-corrected chi connectivity index (χ4v) is 2.40. The fraction of sp³-hybridized carbons (Fsp3) is 0.462. The number of ether oxygens (including phenoxy) is 1. The predicted molar refractivity (Wildman–Crippen MR) is 60.0 cm³/mol. The zero-order valence-electron chi connectivity index (χ0n) is 9.56. The van der Waals surface area contributed by atoms with Crippen LogP contribution in [-0.2, 0) is 15.1 Å². The Bertz CT molecular complexity index is 413. The van der Waals surface area contributed by atoms with E-state index in [1.165, 1.54) is 7.11 Å². The normalized spacial score (nSPS) is 28.3. The number of hydrogen-bond donors (Lipinski definition) is 1. The van der Waals surface area contributed by atoms with Gasteiger partial charge < -0.3 is 9.84 Å². The Morgan fingerprint density at radius 1 is 1.50 bits per heavy atom. The summed E-state index contributed by atoms with van der Waals surface area (Å²) in [5.74, 6) is -0.187. The van der Waals surface area contributed by atoms with Crippen LogP contribution < -0.4 is 0 Å². The first kappa shape index (κ1) is 11.1. The van der Waals surface area contributed by atoms with Crippen molar-refractivity contribution < 1.29 is 14.6 Å². The van der Waals surface area contributed by atoms with E-state index in [-0.39, 0.29) is 0 Å². The maximum atomic E-state index is 11.7. The molecule has 1 N–H and O–H groups in total. The lowest BCUT2D eigenvalue weighted by atomic mass is 9.74. The third-order valence-corrected chi connectivity index (χ3v) is 3.40. The molecule has 0 aromatic heterocycles. The number of carbonyl (C=O) groups is 1. The van der Waals surface area contributed by atoms with Gasteiger partial charge in [0.2, 0.25) is 0 Å². The summed E-state index contributed by atoms with van der Waals surface area (Å²) < 4.78 is 4.70. The summed E-state index contributed by atoms with van der Waals surface area (Å²) in [4.78, 5) is 11.7. The minimum Gasteiger partial charge on any atom is -0.467 e. The monoisotopic (exact) mass is 220 g/mol. The molecule has 2 atom stereocenters. The highest BCUT2D eigenvalue weighted by molar-refractivity contribution is 5.82. The average molecular weight is 220 g/mol. The van der Waals surface area contributed by atoms with Crippen LogP contribution in [0.1, 0.15) is 36.8 Å². The highest BCUT2D eigenvalue weighted by Gasteiger charge is 2.44. The molecule has 16 heavy (non-hydrogen) atoms. The van der Waals surface area contributed by atoms with Gasteiger partial charge in [-0.05, 0) is 29.9 Å². The Balaban J connectivity index is 2.53. The van der Waals surface area contributed by atoms with E-state index in [1.54, 1.807) is 0 Å². The van der Waals surface area contributed by atoms with Crippen LogP contribution in [0.5, 0.6) is 0 Å². The summed E-state index contributed by atoms with van der Waals surface area (Å²) in [5.41, 5.74) is 0.278. The van der Waals surface area contributed by atoms with Crippen molar-refractivity contribution in [3.05, 3.63) is 35.4 Å². The third-order valence-electron chi connectivity index (χ3n) is 3.40. The van der Waals surface area contributed by atoms with Gasteiger partial charge in [0.05, 0.1) is 7.11 Å². The highest BCUT2D eigenvalue weighted by Crippen LogP contribution is 2.41. The summed E-state index contributed by atoms with van der Waals surface area (Å²) in [5, 5.41) is 10.4. The minimum absolute atomic E-state index is 0.376. The molecule has 0 aliphatic heterocycles. The first-order valence-electron chi connectivity index (χ1n) is 5.50. The molecule has 86 valence electrons. The molecule has 1 aliphatic rings. The molecule has 0 saturated carbocycles. The van der Waals surface area contributed by atoms with Gasteiger partial charge in [-0.1, -0.05) is 31.2 Å². The van der Waals surface area contributed by atoms with Gasteiger partial charge in [0, 0.05) is 0 Å². The van der Waals surface area contributed by atoms with Crippen LogP contribution in [0.15, 0.2) is 24.3 Å². The van der Waals surface area contributed by atoms with Crippen LogP contribution in [0.3, 0.4) is 0 Å². The maximum Gasteiger partial charge on any atom is 0.342 e. The Morgan fingerprint density at radius 3 is 2.88 bits per heavy atom. The molecule has 2 rings (SSSR count). The van der Waals surface area contributed by atoms with Gasteiger partial charge in [0.25, 0.3) is 0 Å². The van der Waals surface area contributed by atoms with Crippen molar-refractivity contribution >= 4 is 5.97 Å². The average Bonchev–Trinajstić information content (AvgIpc) is 2.33. The lowest BCUT2D eigenvalue weighted by Crippen LogP contribution is -2.40. The van der Waals surface area contributed by atoms with Crippen LogP contribution in [0, 0.1) is 0 Å². The Labute approximate surface area is 95.0 Å². The van der Waals surface area contributed by atoms with Crippen molar-refractivity contribution in [2.75, 3.05) is 7.11 Å². The van der Waals surface area contributed by atoms with Gasteiger partial charge >= 0.3 is 5.97 Å². The first-order valence-corrected chi connectivity index (χ1v) is 5.50. The second-order valence-corrected chi connectivity index (χ2v) is 4.38. The molecule has 0 fully saturated rings. The second-order valence-electron chi connectivity index (χ2n) is 4.38. The molecular formula is C13H16O3. The van der Waals surface area contributed by atoms with Crippen molar-refractivity contribution in [2.45, 2.75) is 31.3 Å². The molecule has 0 amide bonds. The molecule has 1 aromatic rings. The van der Waals surface area contributed by atoms with Gasteiger partial charge in [0.1, 0.15) is 0 Å². The van der Waals surface area contributed by atoms with E-state index in [1.807, 2.05) is 24.3 Å². The number of methoxy groups -OCH3 is 1. The molecule has 1 aliphatic carbocycles. The molecule has 2 unspecified atom stereocenters. The summed E-state index contributed by atoms with van der Waals surface area (Å²) in [7, 11) is 1.31. The quantitative estimate of drug-likeness (QED) is 0.736. The lowest BCUT2D eigenvalue weighted by Gasteiger charge is -2.34. The Morgan fingerprint density at radius 2 is 2.19 bits per heavy atom. The first-order chi connectivity index (χ1) is 7.59. The zero-order chi connectivity index (χ0) is 11.8. The van der Waals surface area contributed by atoms with E-state index in [9.17, 15) is 9.90 Å². The van der Waals surface area contributed by atoms with Gasteiger partial charge in [0.15, 0.2) is 5.60 Å². The van der Waals surface area contributed by atoms with E-state index in [2.05, 4.69) is 6.92 Å². The molecule has 0 heterocycles. The van der Waals surface area contributed by atoms with E-state index in [0.717, 1.165) is 12.0 Å². The van der Waals surface area contributed by atoms with Gasteiger partial charge in [-0.3, -0.25) is 0 Å².